The summed E-state index contributed by atoms with van der Waals surface area (Å²) in [6.45, 7) is 1.83. The molecular weight excluding hydrogens is 290 g/mol. The second kappa shape index (κ2) is 6.83. The zero-order valence-corrected chi connectivity index (χ0v) is 12.3. The number of nitrogens with one attached hydrogen (secondary N) is 1. The molecule has 0 aliphatic heterocycles. The van der Waals surface area contributed by atoms with Crippen molar-refractivity contribution >= 4 is 27.5 Å². The van der Waals surface area contributed by atoms with Crippen molar-refractivity contribution in [2.24, 2.45) is 0 Å². The maximum atomic E-state index is 12.4. The van der Waals surface area contributed by atoms with Crippen molar-refractivity contribution in [2.75, 3.05) is 20.1 Å². The van der Waals surface area contributed by atoms with Gasteiger partial charge in [0, 0.05) is 26.0 Å². The van der Waals surface area contributed by atoms with Gasteiger partial charge in [-0.2, -0.15) is 4.31 Å². The number of pyridine rings is 1. The van der Waals surface area contributed by atoms with Gasteiger partial charge in [0.25, 0.3) is 0 Å². The van der Waals surface area contributed by atoms with Crippen molar-refractivity contribution in [1.82, 2.24) is 14.6 Å². The molecule has 0 radical (unpaired) electrons. The fourth-order valence-electron chi connectivity index (χ4n) is 1.46. The lowest BCUT2D eigenvalue weighted by Crippen LogP contribution is -2.40. The summed E-state index contributed by atoms with van der Waals surface area (Å²) in [6.07, 6.45) is 3.18. The number of aromatic nitrogens is 1. The standard InChI is InChI=1S/C11H16ClN3O3S/c1-3-6-15(8-11(16)13-2)19(17,18)10-7-14-5-4-9(10)12/h4-5,7H,3,6,8H2,1-2H3,(H,13,16). The van der Waals surface area contributed by atoms with Crippen LogP contribution in [0.5, 0.6) is 0 Å². The van der Waals surface area contributed by atoms with Crippen LogP contribution in [0.2, 0.25) is 5.02 Å². The summed E-state index contributed by atoms with van der Waals surface area (Å²) < 4.78 is 25.9. The third-order valence-corrected chi connectivity index (χ3v) is 4.74. The van der Waals surface area contributed by atoms with Crippen LogP contribution in [0.4, 0.5) is 0 Å². The Morgan fingerprint density at radius 2 is 2.21 bits per heavy atom. The number of likely N-dealkylation sites (N-methyl/N-ethyl adjacent to an activating group) is 1. The Morgan fingerprint density at radius 3 is 2.74 bits per heavy atom. The average Bonchev–Trinajstić information content (AvgIpc) is 2.38. The SMILES string of the molecule is CCCN(CC(=O)NC)S(=O)(=O)c1cnccc1Cl. The van der Waals surface area contributed by atoms with E-state index in [0.29, 0.717) is 6.42 Å². The van der Waals surface area contributed by atoms with Crippen molar-refractivity contribution in [3.63, 3.8) is 0 Å². The highest BCUT2D eigenvalue weighted by Gasteiger charge is 2.27. The fourth-order valence-corrected chi connectivity index (χ4v) is 3.36. The highest BCUT2D eigenvalue weighted by molar-refractivity contribution is 7.89. The molecule has 0 aliphatic rings. The van der Waals surface area contributed by atoms with Gasteiger partial charge >= 0.3 is 0 Å². The molecule has 19 heavy (non-hydrogen) atoms. The monoisotopic (exact) mass is 305 g/mol. The molecule has 1 rings (SSSR count). The van der Waals surface area contributed by atoms with Gasteiger partial charge < -0.3 is 5.32 Å². The van der Waals surface area contributed by atoms with E-state index in [4.69, 9.17) is 11.6 Å². The molecule has 0 bridgehead atoms. The topological polar surface area (TPSA) is 79.4 Å². The maximum Gasteiger partial charge on any atom is 0.246 e. The Morgan fingerprint density at radius 1 is 1.53 bits per heavy atom. The molecule has 0 atom stereocenters. The van der Waals surface area contributed by atoms with Crippen LogP contribution in [0.25, 0.3) is 0 Å². The minimum Gasteiger partial charge on any atom is -0.358 e. The number of hydrogen-bond donors (Lipinski definition) is 1. The number of rotatable bonds is 6. The van der Waals surface area contributed by atoms with E-state index < -0.39 is 10.0 Å². The van der Waals surface area contributed by atoms with Crippen molar-refractivity contribution in [2.45, 2.75) is 18.2 Å². The van der Waals surface area contributed by atoms with E-state index in [0.717, 1.165) is 4.31 Å². The number of carbonyl (C=O) groups excluding carboxylic acids is 1. The van der Waals surface area contributed by atoms with Crippen LogP contribution in [0.3, 0.4) is 0 Å². The van der Waals surface area contributed by atoms with E-state index >= 15 is 0 Å². The van der Waals surface area contributed by atoms with Crippen LogP contribution in [0.15, 0.2) is 23.4 Å². The summed E-state index contributed by atoms with van der Waals surface area (Å²) in [5.41, 5.74) is 0. The summed E-state index contributed by atoms with van der Waals surface area (Å²) >= 11 is 5.88. The van der Waals surface area contributed by atoms with Crippen molar-refractivity contribution in [1.29, 1.82) is 0 Å². The molecule has 0 aliphatic carbocycles. The van der Waals surface area contributed by atoms with Gasteiger partial charge in [-0.1, -0.05) is 18.5 Å². The van der Waals surface area contributed by atoms with Crippen LogP contribution < -0.4 is 5.32 Å². The van der Waals surface area contributed by atoms with Gasteiger partial charge in [0.05, 0.1) is 11.6 Å². The molecule has 0 spiro atoms. The molecule has 0 unspecified atom stereocenters. The smallest absolute Gasteiger partial charge is 0.246 e. The van der Waals surface area contributed by atoms with Crippen LogP contribution in [-0.4, -0.2) is 43.8 Å². The van der Waals surface area contributed by atoms with E-state index in [1.165, 1.54) is 25.5 Å². The molecule has 1 aromatic rings. The molecule has 1 heterocycles. The molecule has 106 valence electrons. The van der Waals surface area contributed by atoms with Gasteiger partial charge in [-0.05, 0) is 12.5 Å². The van der Waals surface area contributed by atoms with Crippen LogP contribution in [-0.2, 0) is 14.8 Å². The van der Waals surface area contributed by atoms with Gasteiger partial charge in [0.15, 0.2) is 0 Å². The number of nitrogens with zero attached hydrogens (tertiary/aromatic N) is 2. The normalized spacial score (nSPS) is 11.6. The van der Waals surface area contributed by atoms with Gasteiger partial charge in [-0.25, -0.2) is 8.42 Å². The number of amides is 1. The summed E-state index contributed by atoms with van der Waals surface area (Å²) in [6, 6.07) is 1.40. The largest absolute Gasteiger partial charge is 0.358 e. The molecule has 0 saturated carbocycles. The highest BCUT2D eigenvalue weighted by Crippen LogP contribution is 2.23. The lowest BCUT2D eigenvalue weighted by Gasteiger charge is -2.21. The Kier molecular flexibility index (Phi) is 5.71. The summed E-state index contributed by atoms with van der Waals surface area (Å²) in [5, 5.41) is 2.49. The zero-order chi connectivity index (χ0) is 14.5. The molecular formula is C11H16ClN3O3S. The molecule has 8 heteroatoms. The third-order valence-electron chi connectivity index (χ3n) is 2.42. The Hall–Kier alpha value is -1.18. The highest BCUT2D eigenvalue weighted by atomic mass is 35.5. The third kappa shape index (κ3) is 3.89. The Balaban J connectivity index is 3.13. The number of carbonyl (C=O) groups is 1. The number of hydrogen-bond acceptors (Lipinski definition) is 4. The van der Waals surface area contributed by atoms with E-state index in [-0.39, 0.29) is 28.9 Å². The fraction of sp³-hybridized carbons (Fsp3) is 0.455. The first-order valence-corrected chi connectivity index (χ1v) is 7.55. The molecule has 1 N–H and O–H groups in total. The van der Waals surface area contributed by atoms with Crippen LogP contribution in [0.1, 0.15) is 13.3 Å². The Labute approximate surface area is 117 Å². The quantitative estimate of drug-likeness (QED) is 0.846. The Bertz CT molecular complexity index is 548. The van der Waals surface area contributed by atoms with Crippen LogP contribution in [0, 0.1) is 0 Å². The number of halogens is 1. The van der Waals surface area contributed by atoms with E-state index in [1.54, 1.807) is 0 Å². The second-order valence-electron chi connectivity index (χ2n) is 3.82. The van der Waals surface area contributed by atoms with Crippen molar-refractivity contribution < 1.29 is 13.2 Å². The van der Waals surface area contributed by atoms with E-state index in [2.05, 4.69) is 10.3 Å². The predicted octanol–water partition coefficient (Wildman–Crippen LogP) is 0.882. The van der Waals surface area contributed by atoms with E-state index in [9.17, 15) is 13.2 Å². The average molecular weight is 306 g/mol. The predicted molar refractivity (Wildman–Crippen MR) is 72.4 cm³/mol. The minimum atomic E-state index is -3.82. The first kappa shape index (κ1) is 15.9. The maximum absolute atomic E-state index is 12.4. The van der Waals surface area contributed by atoms with Gasteiger partial charge in [-0.15, -0.1) is 0 Å². The molecule has 0 fully saturated rings. The van der Waals surface area contributed by atoms with Gasteiger partial charge in [0.1, 0.15) is 4.90 Å². The van der Waals surface area contributed by atoms with Crippen molar-refractivity contribution in [3.8, 4) is 0 Å². The van der Waals surface area contributed by atoms with Crippen LogP contribution >= 0.6 is 11.6 Å². The van der Waals surface area contributed by atoms with E-state index in [1.807, 2.05) is 6.92 Å². The summed E-state index contributed by atoms with van der Waals surface area (Å²) in [4.78, 5) is 15.1. The van der Waals surface area contributed by atoms with Gasteiger partial charge in [0.2, 0.25) is 15.9 Å². The summed E-state index contributed by atoms with van der Waals surface area (Å²) in [5.74, 6) is -0.378. The molecule has 0 aromatic carbocycles. The zero-order valence-electron chi connectivity index (χ0n) is 10.8. The first-order valence-electron chi connectivity index (χ1n) is 5.73. The molecule has 6 nitrogen and oxygen atoms in total. The van der Waals surface area contributed by atoms with Gasteiger partial charge in [-0.3, -0.25) is 9.78 Å². The van der Waals surface area contributed by atoms with Crippen molar-refractivity contribution in [3.05, 3.63) is 23.5 Å². The molecule has 1 aromatic heterocycles. The molecule has 1 amide bonds. The summed E-state index contributed by atoms with van der Waals surface area (Å²) in [7, 11) is -2.37. The first-order chi connectivity index (χ1) is 8.93. The minimum absolute atomic E-state index is 0.0889. The lowest BCUT2D eigenvalue weighted by molar-refractivity contribution is -0.120. The molecule has 0 saturated heterocycles. The lowest BCUT2D eigenvalue weighted by atomic mass is 10.4. The second-order valence-corrected chi connectivity index (χ2v) is 6.13. The number of sulfonamides is 1.